The number of hydrazine groups is 2. The van der Waals surface area contributed by atoms with Crippen molar-refractivity contribution in [1.29, 1.82) is 0 Å². The predicted octanol–water partition coefficient (Wildman–Crippen LogP) is 0.934. The van der Waals surface area contributed by atoms with Crippen LogP contribution in [0.1, 0.15) is 33.9 Å². The van der Waals surface area contributed by atoms with Crippen LogP contribution in [0.5, 0.6) is 0 Å². The molecule has 1 saturated heterocycles. The van der Waals surface area contributed by atoms with Crippen LogP contribution in [0.25, 0.3) is 0 Å². The molecular formula is C19H22N4O3S. The van der Waals surface area contributed by atoms with E-state index in [4.69, 9.17) is 0 Å². The Balaban J connectivity index is 1.52. The number of rotatable bonds is 5. The number of carbonyl (C=O) groups is 2. The Hall–Kier alpha value is -2.55. The summed E-state index contributed by atoms with van der Waals surface area (Å²) in [6, 6.07) is 16.3. The van der Waals surface area contributed by atoms with Gasteiger partial charge in [0.25, 0.3) is 11.8 Å². The van der Waals surface area contributed by atoms with Crippen LogP contribution in [-0.4, -0.2) is 28.3 Å². The van der Waals surface area contributed by atoms with Crippen molar-refractivity contribution in [3.63, 3.8) is 0 Å². The van der Waals surface area contributed by atoms with E-state index in [2.05, 4.69) is 21.7 Å². The van der Waals surface area contributed by atoms with E-state index in [1.807, 2.05) is 36.4 Å². The average molecular weight is 386 g/mol. The van der Waals surface area contributed by atoms with Crippen LogP contribution >= 0.6 is 0 Å². The summed E-state index contributed by atoms with van der Waals surface area (Å²) in [7, 11) is -0.987. The molecule has 0 aromatic heterocycles. The van der Waals surface area contributed by atoms with Gasteiger partial charge in [0.2, 0.25) is 0 Å². The van der Waals surface area contributed by atoms with Gasteiger partial charge in [-0.05, 0) is 29.7 Å². The summed E-state index contributed by atoms with van der Waals surface area (Å²) >= 11 is 0. The summed E-state index contributed by atoms with van der Waals surface area (Å²) in [5.41, 5.74) is 13.2. The van der Waals surface area contributed by atoms with E-state index in [1.54, 1.807) is 24.5 Å². The highest BCUT2D eigenvalue weighted by Crippen LogP contribution is 2.21. The smallest absolute Gasteiger partial charge is 0.269 e. The van der Waals surface area contributed by atoms with Gasteiger partial charge in [-0.3, -0.25) is 24.6 Å². The Morgan fingerprint density at radius 1 is 1.07 bits per heavy atom. The zero-order valence-electron chi connectivity index (χ0n) is 14.9. The molecule has 4 N–H and O–H groups in total. The SMILES string of the molecule is CS(=O)Cc1cccc(C(=O)NNC(=O)C2CC(c3ccccc3)NN2)c1. The molecule has 27 heavy (non-hydrogen) atoms. The Morgan fingerprint density at radius 2 is 1.85 bits per heavy atom. The van der Waals surface area contributed by atoms with Crippen LogP contribution in [-0.2, 0) is 21.3 Å². The molecule has 1 aliphatic heterocycles. The predicted molar refractivity (Wildman–Crippen MR) is 104 cm³/mol. The number of nitrogens with one attached hydrogen (secondary N) is 4. The summed E-state index contributed by atoms with van der Waals surface area (Å²) in [6.45, 7) is 0. The summed E-state index contributed by atoms with van der Waals surface area (Å²) in [6.07, 6.45) is 2.18. The van der Waals surface area contributed by atoms with Crippen molar-refractivity contribution in [2.45, 2.75) is 24.3 Å². The summed E-state index contributed by atoms with van der Waals surface area (Å²) in [5, 5.41) is 0. The number of carbonyl (C=O) groups excluding carboxylic acids is 2. The maximum atomic E-state index is 12.3. The lowest BCUT2D eigenvalue weighted by molar-refractivity contribution is -0.123. The van der Waals surface area contributed by atoms with Gasteiger partial charge in [0.05, 0.1) is 0 Å². The largest absolute Gasteiger partial charge is 0.271 e. The summed E-state index contributed by atoms with van der Waals surface area (Å²) < 4.78 is 11.3. The fourth-order valence-electron chi connectivity index (χ4n) is 2.95. The summed E-state index contributed by atoms with van der Waals surface area (Å²) in [4.78, 5) is 24.6. The van der Waals surface area contributed by atoms with E-state index in [1.165, 1.54) is 0 Å². The Kier molecular flexibility index (Phi) is 6.33. The highest BCUT2D eigenvalue weighted by Gasteiger charge is 2.30. The molecule has 2 aromatic rings. The maximum absolute atomic E-state index is 12.3. The molecule has 2 aromatic carbocycles. The number of amides is 2. The highest BCUT2D eigenvalue weighted by atomic mass is 32.2. The van der Waals surface area contributed by atoms with E-state index in [9.17, 15) is 13.8 Å². The lowest BCUT2D eigenvalue weighted by Gasteiger charge is -2.12. The Morgan fingerprint density at radius 3 is 2.59 bits per heavy atom. The first-order valence-electron chi connectivity index (χ1n) is 8.58. The van der Waals surface area contributed by atoms with Crippen molar-refractivity contribution >= 4 is 22.6 Å². The van der Waals surface area contributed by atoms with Crippen LogP contribution in [0.4, 0.5) is 0 Å². The second kappa shape index (κ2) is 8.90. The molecule has 1 fully saturated rings. The lowest BCUT2D eigenvalue weighted by Crippen LogP contribution is -2.50. The molecular weight excluding hydrogens is 364 g/mol. The molecule has 1 heterocycles. The Labute approximate surface area is 160 Å². The number of benzene rings is 2. The van der Waals surface area contributed by atoms with Gasteiger partial charge >= 0.3 is 0 Å². The second-order valence-corrected chi connectivity index (χ2v) is 7.84. The highest BCUT2D eigenvalue weighted by molar-refractivity contribution is 7.83. The van der Waals surface area contributed by atoms with Crippen LogP contribution in [0.2, 0.25) is 0 Å². The minimum Gasteiger partial charge on any atom is -0.271 e. The molecule has 0 spiro atoms. The fourth-order valence-corrected chi connectivity index (χ4v) is 3.60. The van der Waals surface area contributed by atoms with E-state index in [0.717, 1.165) is 11.1 Å². The van der Waals surface area contributed by atoms with E-state index in [-0.39, 0.29) is 11.9 Å². The first-order valence-corrected chi connectivity index (χ1v) is 10.3. The van der Waals surface area contributed by atoms with Crippen molar-refractivity contribution in [2.75, 3.05) is 6.26 Å². The number of hydrogen-bond donors (Lipinski definition) is 4. The third kappa shape index (κ3) is 5.22. The van der Waals surface area contributed by atoms with Gasteiger partial charge in [0, 0.05) is 34.4 Å². The molecule has 0 saturated carbocycles. The monoisotopic (exact) mass is 386 g/mol. The summed E-state index contributed by atoms with van der Waals surface area (Å²) in [5.74, 6) is -0.357. The van der Waals surface area contributed by atoms with Crippen molar-refractivity contribution < 1.29 is 13.8 Å². The molecule has 142 valence electrons. The normalized spacial score (nSPS) is 20.0. The molecule has 3 atom stereocenters. The second-order valence-electron chi connectivity index (χ2n) is 6.40. The van der Waals surface area contributed by atoms with Gasteiger partial charge in [-0.1, -0.05) is 42.5 Å². The van der Waals surface area contributed by atoms with E-state index >= 15 is 0 Å². The van der Waals surface area contributed by atoms with Gasteiger partial charge in [-0.15, -0.1) is 0 Å². The molecule has 0 radical (unpaired) electrons. The first kappa shape index (κ1) is 19.2. The molecule has 3 rings (SSSR count). The molecule has 0 aliphatic carbocycles. The minimum atomic E-state index is -0.987. The molecule has 2 amide bonds. The standard InChI is InChI=1S/C19H22N4O3S/c1-27(26)12-13-6-5-9-15(10-13)18(24)22-23-19(25)17-11-16(20-21-17)14-7-3-2-4-8-14/h2-10,16-17,20-21H,11-12H2,1H3,(H,22,24)(H,23,25). The fraction of sp³-hybridized carbons (Fsp3) is 0.263. The van der Waals surface area contributed by atoms with Gasteiger partial charge in [0.1, 0.15) is 6.04 Å². The number of hydrogen-bond acceptors (Lipinski definition) is 5. The van der Waals surface area contributed by atoms with Crippen molar-refractivity contribution in [3.05, 3.63) is 71.3 Å². The molecule has 1 aliphatic rings. The van der Waals surface area contributed by atoms with Gasteiger partial charge in [-0.25, -0.2) is 10.9 Å². The third-order valence-electron chi connectivity index (χ3n) is 4.28. The molecule has 3 unspecified atom stereocenters. The van der Waals surface area contributed by atoms with Crippen LogP contribution < -0.4 is 21.7 Å². The minimum absolute atomic E-state index is 0.0317. The van der Waals surface area contributed by atoms with Gasteiger partial charge < -0.3 is 0 Å². The third-order valence-corrected chi connectivity index (χ3v) is 5.02. The van der Waals surface area contributed by atoms with Crippen LogP contribution in [0.15, 0.2) is 54.6 Å². The maximum Gasteiger partial charge on any atom is 0.269 e. The molecule has 0 bridgehead atoms. The van der Waals surface area contributed by atoms with Crippen LogP contribution in [0.3, 0.4) is 0 Å². The van der Waals surface area contributed by atoms with Gasteiger partial charge in [-0.2, -0.15) is 0 Å². The quantitative estimate of drug-likeness (QED) is 0.573. The van der Waals surface area contributed by atoms with Crippen molar-refractivity contribution in [2.24, 2.45) is 0 Å². The van der Waals surface area contributed by atoms with E-state index in [0.29, 0.717) is 17.7 Å². The van der Waals surface area contributed by atoms with E-state index < -0.39 is 22.7 Å². The zero-order valence-corrected chi connectivity index (χ0v) is 15.7. The van der Waals surface area contributed by atoms with Crippen molar-refractivity contribution in [3.8, 4) is 0 Å². The molecule has 7 nitrogen and oxygen atoms in total. The first-order chi connectivity index (χ1) is 13.0. The van der Waals surface area contributed by atoms with Crippen molar-refractivity contribution in [1.82, 2.24) is 21.7 Å². The lowest BCUT2D eigenvalue weighted by atomic mass is 10.0. The van der Waals surface area contributed by atoms with Gasteiger partial charge in [0.15, 0.2) is 0 Å². The molecule has 8 heteroatoms. The topological polar surface area (TPSA) is 99.3 Å². The Bertz CT molecular complexity index is 844. The van der Waals surface area contributed by atoms with Crippen LogP contribution in [0, 0.1) is 0 Å². The zero-order chi connectivity index (χ0) is 19.2. The average Bonchev–Trinajstić information content (AvgIpc) is 3.16.